The number of aromatic amines is 1. The number of aryl methyl sites for hydroxylation is 1. The molecular weight excluding hydrogens is 339 g/mol. The number of benzene rings is 2. The molecule has 27 heavy (non-hydrogen) atoms. The Labute approximate surface area is 159 Å². The highest BCUT2D eigenvalue weighted by molar-refractivity contribution is 5.88. The van der Waals surface area contributed by atoms with E-state index in [1.807, 2.05) is 17.2 Å². The van der Waals surface area contributed by atoms with Crippen LogP contribution in [0.5, 0.6) is 0 Å². The van der Waals surface area contributed by atoms with Crippen LogP contribution in [0.1, 0.15) is 48.8 Å². The number of aromatic nitrogens is 1. The van der Waals surface area contributed by atoms with Gasteiger partial charge in [-0.3, -0.25) is 4.79 Å². The summed E-state index contributed by atoms with van der Waals surface area (Å²) in [5.41, 5.74) is 4.29. The Hall–Kier alpha value is -2.62. The number of rotatable bonds is 5. The Bertz CT molecular complexity index is 956. The second kappa shape index (κ2) is 7.55. The zero-order valence-electron chi connectivity index (χ0n) is 15.7. The summed E-state index contributed by atoms with van der Waals surface area (Å²) in [5.74, 6) is -0.266. The lowest BCUT2D eigenvalue weighted by Gasteiger charge is -2.21. The van der Waals surface area contributed by atoms with Gasteiger partial charge in [-0.05, 0) is 48.1 Å². The number of para-hydroxylation sites is 1. The minimum Gasteiger partial charge on any atom is -0.361 e. The summed E-state index contributed by atoms with van der Waals surface area (Å²) in [7, 11) is 0. The zero-order chi connectivity index (χ0) is 18.8. The van der Waals surface area contributed by atoms with Gasteiger partial charge in [0.2, 0.25) is 5.91 Å². The molecule has 3 aromatic rings. The van der Waals surface area contributed by atoms with Crippen LogP contribution in [-0.4, -0.2) is 28.9 Å². The largest absolute Gasteiger partial charge is 0.361 e. The van der Waals surface area contributed by atoms with Crippen LogP contribution in [0.15, 0.2) is 48.7 Å². The summed E-state index contributed by atoms with van der Waals surface area (Å²) in [6.45, 7) is 3.81. The van der Waals surface area contributed by atoms with E-state index < -0.39 is 0 Å². The van der Waals surface area contributed by atoms with E-state index in [-0.39, 0.29) is 17.6 Å². The van der Waals surface area contributed by atoms with Crippen LogP contribution in [0.25, 0.3) is 10.9 Å². The molecule has 3 nitrogen and oxygen atoms in total. The van der Waals surface area contributed by atoms with Gasteiger partial charge >= 0.3 is 0 Å². The highest BCUT2D eigenvalue weighted by Crippen LogP contribution is 2.35. The molecule has 1 aliphatic heterocycles. The molecule has 1 aliphatic rings. The minimum absolute atomic E-state index is 0.155. The topological polar surface area (TPSA) is 36.1 Å². The van der Waals surface area contributed by atoms with E-state index in [9.17, 15) is 9.18 Å². The van der Waals surface area contributed by atoms with E-state index in [0.717, 1.165) is 54.4 Å². The van der Waals surface area contributed by atoms with Crippen molar-refractivity contribution in [3.05, 3.63) is 71.2 Å². The van der Waals surface area contributed by atoms with E-state index in [1.165, 1.54) is 11.6 Å². The predicted octanol–water partition coefficient (Wildman–Crippen LogP) is 5.01. The molecule has 0 bridgehead atoms. The fourth-order valence-corrected chi connectivity index (χ4v) is 4.22. The van der Waals surface area contributed by atoms with Gasteiger partial charge in [-0.25, -0.2) is 4.39 Å². The molecule has 1 aromatic heterocycles. The van der Waals surface area contributed by atoms with Crippen LogP contribution in [0, 0.1) is 5.82 Å². The Kier molecular flexibility index (Phi) is 4.97. The fourth-order valence-electron chi connectivity index (χ4n) is 4.22. The molecule has 2 heterocycles. The highest BCUT2D eigenvalue weighted by Gasteiger charge is 2.26. The fraction of sp³-hybridized carbons (Fsp3) is 0.348. The van der Waals surface area contributed by atoms with Crippen molar-refractivity contribution in [1.29, 1.82) is 0 Å². The maximum Gasteiger partial charge on any atom is 0.223 e. The maximum absolute atomic E-state index is 13.9. The van der Waals surface area contributed by atoms with Crippen LogP contribution in [0.3, 0.4) is 0 Å². The number of nitrogens with zero attached hydrogens (tertiary/aromatic N) is 1. The highest BCUT2D eigenvalue weighted by atomic mass is 19.1. The van der Waals surface area contributed by atoms with Crippen LogP contribution in [0.2, 0.25) is 0 Å². The number of H-pyrrole nitrogens is 1. The van der Waals surface area contributed by atoms with E-state index in [4.69, 9.17) is 0 Å². The van der Waals surface area contributed by atoms with Crippen LogP contribution < -0.4 is 0 Å². The number of carbonyl (C=O) groups is 1. The molecule has 140 valence electrons. The first-order chi connectivity index (χ1) is 13.2. The molecule has 0 spiro atoms. The number of hydrogen-bond donors (Lipinski definition) is 1. The van der Waals surface area contributed by atoms with Gasteiger partial charge in [0.25, 0.3) is 0 Å². The summed E-state index contributed by atoms with van der Waals surface area (Å²) in [6, 6.07) is 12.9. The Morgan fingerprint density at radius 2 is 1.96 bits per heavy atom. The lowest BCUT2D eigenvalue weighted by Crippen LogP contribution is -2.29. The van der Waals surface area contributed by atoms with Crippen molar-refractivity contribution in [2.45, 2.75) is 38.5 Å². The number of fused-ring (bicyclic) bond motifs is 1. The Morgan fingerprint density at radius 3 is 2.70 bits per heavy atom. The van der Waals surface area contributed by atoms with Crippen molar-refractivity contribution in [3.63, 3.8) is 0 Å². The number of halogens is 1. The molecule has 1 N–H and O–H groups in total. The average Bonchev–Trinajstić information content (AvgIpc) is 3.35. The van der Waals surface area contributed by atoms with Crippen LogP contribution in [-0.2, 0) is 11.2 Å². The molecule has 0 aliphatic carbocycles. The third-order valence-corrected chi connectivity index (χ3v) is 5.68. The van der Waals surface area contributed by atoms with Gasteiger partial charge in [0.05, 0.1) is 0 Å². The molecule has 4 rings (SSSR count). The summed E-state index contributed by atoms with van der Waals surface area (Å²) in [5, 5.41) is 1.12. The third kappa shape index (κ3) is 3.48. The average molecular weight is 364 g/mol. The van der Waals surface area contributed by atoms with Crippen molar-refractivity contribution < 1.29 is 9.18 Å². The summed E-state index contributed by atoms with van der Waals surface area (Å²) in [4.78, 5) is 18.2. The van der Waals surface area contributed by atoms with Crippen molar-refractivity contribution in [3.8, 4) is 0 Å². The van der Waals surface area contributed by atoms with E-state index in [1.54, 1.807) is 12.1 Å². The van der Waals surface area contributed by atoms with Crippen molar-refractivity contribution in [2.24, 2.45) is 0 Å². The van der Waals surface area contributed by atoms with Gasteiger partial charge < -0.3 is 9.88 Å². The zero-order valence-corrected chi connectivity index (χ0v) is 15.7. The monoisotopic (exact) mass is 364 g/mol. The molecule has 4 heteroatoms. The Balaban J connectivity index is 1.77. The molecule has 1 amide bonds. The molecular formula is C23H25FN2O. The number of hydrogen-bond acceptors (Lipinski definition) is 1. The maximum atomic E-state index is 13.9. The SMILES string of the molecule is CCc1cccc2c([C@@H](CC(=O)N3CCCC3)c3cccc(F)c3)c[nH]c12. The summed E-state index contributed by atoms with van der Waals surface area (Å²) < 4.78 is 13.9. The van der Waals surface area contributed by atoms with Gasteiger partial charge in [-0.15, -0.1) is 0 Å². The minimum atomic E-state index is -0.264. The van der Waals surface area contributed by atoms with Crippen molar-refractivity contribution >= 4 is 16.8 Å². The van der Waals surface area contributed by atoms with E-state index in [2.05, 4.69) is 30.1 Å². The van der Waals surface area contributed by atoms with Gasteiger partial charge in [-0.2, -0.15) is 0 Å². The lowest BCUT2D eigenvalue weighted by molar-refractivity contribution is -0.130. The first-order valence-electron chi connectivity index (χ1n) is 9.79. The standard InChI is InChI=1S/C23H25FN2O/c1-2-16-7-6-10-19-21(15-25-23(16)19)20(17-8-5-9-18(24)13-17)14-22(27)26-11-3-4-12-26/h5-10,13,15,20,25H,2-4,11-12,14H2,1H3/t20-/m0/s1. The molecule has 1 saturated heterocycles. The van der Waals surface area contributed by atoms with Crippen molar-refractivity contribution in [1.82, 2.24) is 9.88 Å². The third-order valence-electron chi connectivity index (χ3n) is 5.68. The lowest BCUT2D eigenvalue weighted by atomic mass is 9.87. The van der Waals surface area contributed by atoms with Crippen molar-refractivity contribution in [2.75, 3.05) is 13.1 Å². The van der Waals surface area contributed by atoms with Gasteiger partial charge in [-0.1, -0.05) is 37.3 Å². The first kappa shape index (κ1) is 17.8. The van der Waals surface area contributed by atoms with Crippen LogP contribution >= 0.6 is 0 Å². The second-order valence-corrected chi connectivity index (χ2v) is 7.34. The summed E-state index contributed by atoms with van der Waals surface area (Å²) >= 11 is 0. The molecule has 0 unspecified atom stereocenters. The van der Waals surface area contributed by atoms with E-state index >= 15 is 0 Å². The number of likely N-dealkylation sites (tertiary alicyclic amines) is 1. The first-order valence-corrected chi connectivity index (χ1v) is 9.79. The second-order valence-electron chi connectivity index (χ2n) is 7.34. The predicted molar refractivity (Wildman–Crippen MR) is 106 cm³/mol. The molecule has 0 radical (unpaired) electrons. The normalized spacial score (nSPS) is 15.4. The quantitative estimate of drug-likeness (QED) is 0.678. The molecule has 2 aromatic carbocycles. The summed E-state index contributed by atoms with van der Waals surface area (Å²) in [6.07, 6.45) is 5.45. The molecule has 1 atom stereocenters. The Morgan fingerprint density at radius 1 is 1.19 bits per heavy atom. The number of nitrogens with one attached hydrogen (secondary N) is 1. The molecule has 0 saturated carbocycles. The number of carbonyl (C=O) groups excluding carboxylic acids is 1. The molecule has 1 fully saturated rings. The smallest absolute Gasteiger partial charge is 0.223 e. The number of amides is 1. The van der Waals surface area contributed by atoms with E-state index in [0.29, 0.717) is 6.42 Å². The van der Waals surface area contributed by atoms with Gasteiger partial charge in [0.15, 0.2) is 0 Å². The van der Waals surface area contributed by atoms with Gasteiger partial charge in [0.1, 0.15) is 5.82 Å². The van der Waals surface area contributed by atoms with Crippen LogP contribution in [0.4, 0.5) is 4.39 Å². The van der Waals surface area contributed by atoms with Gasteiger partial charge in [0, 0.05) is 42.5 Å².